The molecule has 7 nitrogen and oxygen atoms in total. The van der Waals surface area contributed by atoms with Crippen LogP contribution in [-0.4, -0.2) is 48.8 Å². The van der Waals surface area contributed by atoms with Crippen LogP contribution in [0.4, 0.5) is 5.69 Å². The zero-order valence-electron chi connectivity index (χ0n) is 15.3. The van der Waals surface area contributed by atoms with Gasteiger partial charge in [-0.15, -0.1) is 0 Å². The quantitative estimate of drug-likeness (QED) is 0.351. The lowest BCUT2D eigenvalue weighted by Crippen LogP contribution is -2.42. The van der Waals surface area contributed by atoms with Gasteiger partial charge in [-0.25, -0.2) is 0 Å². The van der Waals surface area contributed by atoms with E-state index in [4.69, 9.17) is 10.5 Å². The van der Waals surface area contributed by atoms with Crippen LogP contribution in [0.3, 0.4) is 0 Å². The summed E-state index contributed by atoms with van der Waals surface area (Å²) < 4.78 is 10.1. The minimum Gasteiger partial charge on any atom is -0.490 e. The first kappa shape index (κ1) is 20.9. The maximum Gasteiger partial charge on any atom is 0.305 e. The van der Waals surface area contributed by atoms with Crippen LogP contribution in [0.1, 0.15) is 44.0 Å². The Balaban J connectivity index is 2.70. The number of carbonyl (C=O) groups excluding carboxylic acids is 2. The van der Waals surface area contributed by atoms with E-state index in [1.807, 2.05) is 20.8 Å². The van der Waals surface area contributed by atoms with E-state index in [2.05, 4.69) is 10.1 Å². The van der Waals surface area contributed by atoms with Crippen molar-refractivity contribution in [2.24, 2.45) is 0 Å². The average Bonchev–Trinajstić information content (AvgIpc) is 2.55. The first-order valence-electron chi connectivity index (χ1n) is 8.18. The van der Waals surface area contributed by atoms with E-state index in [-0.39, 0.29) is 30.8 Å². The van der Waals surface area contributed by atoms with Crippen molar-refractivity contribution in [2.45, 2.75) is 45.3 Å². The molecule has 1 unspecified atom stereocenters. The molecule has 1 aromatic carbocycles. The van der Waals surface area contributed by atoms with Gasteiger partial charge in [-0.05, 0) is 39.0 Å². The van der Waals surface area contributed by atoms with Gasteiger partial charge >= 0.3 is 5.97 Å². The van der Waals surface area contributed by atoms with Crippen molar-refractivity contribution in [3.63, 3.8) is 0 Å². The lowest BCUT2D eigenvalue weighted by Gasteiger charge is -2.23. The summed E-state index contributed by atoms with van der Waals surface area (Å²) in [5, 5.41) is 13.2. The van der Waals surface area contributed by atoms with Gasteiger partial charge in [-0.1, -0.05) is 0 Å². The Morgan fingerprint density at radius 1 is 1.28 bits per heavy atom. The van der Waals surface area contributed by atoms with Gasteiger partial charge in [0, 0.05) is 24.2 Å². The lowest BCUT2D eigenvalue weighted by molar-refractivity contribution is -0.140. The molecule has 0 spiro atoms. The second-order valence-corrected chi connectivity index (χ2v) is 6.85. The number of hydrogen-bond donors (Lipinski definition) is 3. The molecule has 4 N–H and O–H groups in total. The Morgan fingerprint density at radius 3 is 2.56 bits per heavy atom. The molecule has 1 rings (SSSR count). The zero-order valence-corrected chi connectivity index (χ0v) is 15.3. The van der Waals surface area contributed by atoms with E-state index in [1.165, 1.54) is 13.2 Å². The standard InChI is InChI=1S/C18H28N2O5/c1-18(2,3)20-10-13(21)11-25-16-7-5-12(19)9-14(16)15(22)6-8-17(23)24-4/h5,7,9,13,20-21H,6,8,10-11,19H2,1-4H3. The minimum absolute atomic E-state index is 0.000615. The highest BCUT2D eigenvalue weighted by molar-refractivity contribution is 6.00. The van der Waals surface area contributed by atoms with Crippen molar-refractivity contribution in [3.8, 4) is 5.75 Å². The average molecular weight is 352 g/mol. The molecule has 140 valence electrons. The highest BCUT2D eigenvalue weighted by Gasteiger charge is 2.17. The molecule has 0 fully saturated rings. The van der Waals surface area contributed by atoms with Crippen LogP contribution in [0.5, 0.6) is 5.75 Å². The normalized spacial score (nSPS) is 12.5. The predicted octanol–water partition coefficient (Wildman–Crippen LogP) is 1.53. The van der Waals surface area contributed by atoms with Crippen molar-refractivity contribution in [2.75, 3.05) is 26.0 Å². The highest BCUT2D eigenvalue weighted by Crippen LogP contribution is 2.23. The number of carbonyl (C=O) groups is 2. The first-order valence-corrected chi connectivity index (χ1v) is 8.18. The summed E-state index contributed by atoms with van der Waals surface area (Å²) in [5.74, 6) is -0.391. The molecule has 0 radical (unpaired) electrons. The molecule has 0 aliphatic carbocycles. The Kier molecular flexibility index (Phi) is 7.86. The fourth-order valence-corrected chi connectivity index (χ4v) is 2.01. The van der Waals surface area contributed by atoms with Crippen molar-refractivity contribution < 1.29 is 24.2 Å². The second kappa shape index (κ2) is 9.39. The molecule has 25 heavy (non-hydrogen) atoms. The number of methoxy groups -OCH3 is 1. The summed E-state index contributed by atoms with van der Waals surface area (Å²) in [6.07, 6.45) is -0.739. The molecular weight excluding hydrogens is 324 g/mol. The summed E-state index contributed by atoms with van der Waals surface area (Å²) >= 11 is 0. The van der Waals surface area contributed by atoms with Crippen LogP contribution in [0.15, 0.2) is 18.2 Å². The molecule has 0 heterocycles. The number of hydrogen-bond acceptors (Lipinski definition) is 7. The summed E-state index contributed by atoms with van der Waals surface area (Å²) in [6.45, 7) is 6.39. The van der Waals surface area contributed by atoms with Crippen LogP contribution in [0, 0.1) is 0 Å². The molecule has 0 aliphatic rings. The molecule has 0 saturated carbocycles. The molecule has 0 aromatic heterocycles. The number of rotatable bonds is 9. The predicted molar refractivity (Wildman–Crippen MR) is 95.7 cm³/mol. The monoisotopic (exact) mass is 352 g/mol. The van der Waals surface area contributed by atoms with Gasteiger partial charge in [0.2, 0.25) is 0 Å². The van der Waals surface area contributed by atoms with E-state index in [0.717, 1.165) is 0 Å². The van der Waals surface area contributed by atoms with Gasteiger partial charge in [0.1, 0.15) is 18.5 Å². The number of β-amino-alcohol motifs (C(OH)–C–C–N with tert-alkyl or cyclic N) is 1. The summed E-state index contributed by atoms with van der Waals surface area (Å²) in [6, 6.07) is 4.71. The highest BCUT2D eigenvalue weighted by atomic mass is 16.5. The van der Waals surface area contributed by atoms with Gasteiger partial charge in [0.05, 0.1) is 19.1 Å². The zero-order chi connectivity index (χ0) is 19.0. The number of Topliss-reactive ketones (excluding diaryl/α,β-unsaturated/α-hetero) is 1. The van der Waals surface area contributed by atoms with E-state index in [9.17, 15) is 14.7 Å². The third kappa shape index (κ3) is 8.00. The Hall–Kier alpha value is -2.12. The molecule has 0 saturated heterocycles. The van der Waals surface area contributed by atoms with Gasteiger partial charge in [-0.3, -0.25) is 9.59 Å². The number of aliphatic hydroxyl groups excluding tert-OH is 1. The third-order valence-corrected chi connectivity index (χ3v) is 3.39. The number of aliphatic hydroxyl groups is 1. The SMILES string of the molecule is COC(=O)CCC(=O)c1cc(N)ccc1OCC(O)CNC(C)(C)C. The molecule has 0 amide bonds. The topological polar surface area (TPSA) is 111 Å². The Morgan fingerprint density at radius 2 is 1.96 bits per heavy atom. The first-order chi connectivity index (χ1) is 11.6. The largest absolute Gasteiger partial charge is 0.490 e. The van der Waals surface area contributed by atoms with Crippen molar-refractivity contribution in [1.29, 1.82) is 0 Å². The van der Waals surface area contributed by atoms with Crippen LogP contribution in [0.2, 0.25) is 0 Å². The molecule has 0 bridgehead atoms. The van der Waals surface area contributed by atoms with E-state index in [1.54, 1.807) is 12.1 Å². The van der Waals surface area contributed by atoms with Crippen LogP contribution in [0.25, 0.3) is 0 Å². The van der Waals surface area contributed by atoms with Crippen LogP contribution < -0.4 is 15.8 Å². The van der Waals surface area contributed by atoms with Crippen molar-refractivity contribution >= 4 is 17.4 Å². The van der Waals surface area contributed by atoms with Crippen molar-refractivity contribution in [1.82, 2.24) is 5.32 Å². The maximum atomic E-state index is 12.3. The number of ketones is 1. The summed E-state index contributed by atoms with van der Waals surface area (Å²) in [5.41, 5.74) is 6.34. The van der Waals surface area contributed by atoms with E-state index < -0.39 is 12.1 Å². The molecule has 1 atom stereocenters. The van der Waals surface area contributed by atoms with Crippen LogP contribution >= 0.6 is 0 Å². The second-order valence-electron chi connectivity index (χ2n) is 6.85. The fraction of sp³-hybridized carbons (Fsp3) is 0.556. The number of nitrogens with two attached hydrogens (primary N) is 1. The van der Waals surface area contributed by atoms with Gasteiger partial charge < -0.3 is 25.6 Å². The molecule has 7 heteroatoms. The van der Waals surface area contributed by atoms with E-state index in [0.29, 0.717) is 23.5 Å². The number of nitrogen functional groups attached to an aromatic ring is 1. The van der Waals surface area contributed by atoms with Crippen LogP contribution in [-0.2, 0) is 9.53 Å². The van der Waals surface area contributed by atoms with Gasteiger partial charge in [-0.2, -0.15) is 0 Å². The maximum absolute atomic E-state index is 12.3. The molecular formula is C18H28N2O5. The number of esters is 1. The Bertz CT molecular complexity index is 596. The van der Waals surface area contributed by atoms with Gasteiger partial charge in [0.15, 0.2) is 5.78 Å². The van der Waals surface area contributed by atoms with Gasteiger partial charge in [0.25, 0.3) is 0 Å². The number of anilines is 1. The molecule has 1 aromatic rings. The Labute approximate surface area is 148 Å². The lowest BCUT2D eigenvalue weighted by atomic mass is 10.0. The third-order valence-electron chi connectivity index (χ3n) is 3.39. The number of ether oxygens (including phenoxy) is 2. The van der Waals surface area contributed by atoms with Crippen molar-refractivity contribution in [3.05, 3.63) is 23.8 Å². The number of benzene rings is 1. The summed E-state index contributed by atoms with van der Waals surface area (Å²) in [4.78, 5) is 23.5. The summed E-state index contributed by atoms with van der Waals surface area (Å²) in [7, 11) is 1.27. The van der Waals surface area contributed by atoms with E-state index >= 15 is 0 Å². The molecule has 0 aliphatic heterocycles. The number of nitrogens with one attached hydrogen (secondary N) is 1. The smallest absolute Gasteiger partial charge is 0.305 e. The minimum atomic E-state index is -0.727. The fourth-order valence-electron chi connectivity index (χ4n) is 2.01.